The molecule has 0 spiro atoms. The van der Waals surface area contributed by atoms with Crippen molar-refractivity contribution in [1.82, 2.24) is 57.3 Å². The molecule has 6 saturated heterocycles. The van der Waals surface area contributed by atoms with Crippen LogP contribution in [0.1, 0.15) is 172 Å². The highest BCUT2D eigenvalue weighted by molar-refractivity contribution is 8.14. The lowest BCUT2D eigenvalue weighted by atomic mass is 9.99. The van der Waals surface area contributed by atoms with Crippen molar-refractivity contribution < 1.29 is 131 Å². The number of rotatable bonds is 46. The first-order chi connectivity index (χ1) is 68.9. The number of aliphatic hydroxyl groups is 1. The molecule has 52 nitrogen and oxygen atoms in total. The van der Waals surface area contributed by atoms with Crippen LogP contribution >= 0.6 is 75.6 Å². The van der Waals surface area contributed by atoms with E-state index >= 15 is 0 Å². The highest BCUT2D eigenvalue weighted by atomic mass is 32.5. The number of aliphatic hydroxyl groups excluding tert-OH is 1. The van der Waals surface area contributed by atoms with E-state index in [2.05, 4.69) is 29.9 Å². The van der Waals surface area contributed by atoms with Gasteiger partial charge < -0.3 is 116 Å². The van der Waals surface area contributed by atoms with Crippen LogP contribution in [0.15, 0.2) is 94.7 Å². The summed E-state index contributed by atoms with van der Waals surface area (Å²) in [6.45, 7) is -9.37. The predicted molar refractivity (Wildman–Crippen MR) is 557 cm³/mol. The third-order valence-corrected chi connectivity index (χ3v) is 38.0. The van der Waals surface area contributed by atoms with Crippen LogP contribution in [0, 0.1) is 57.8 Å². The fourth-order valence-electron chi connectivity index (χ4n) is 15.3. The first kappa shape index (κ1) is 122. The Morgan fingerprint density at radius 1 is 0.311 bits per heavy atom. The number of ether oxygens (including phenoxy) is 6. The van der Waals surface area contributed by atoms with Crippen LogP contribution in [-0.4, -0.2) is 247 Å². The first-order valence-electron chi connectivity index (χ1n) is 45.6. The number of nitrogens with zero attached hydrogens (tertiary/aromatic N) is 6. The largest absolute Gasteiger partial charge is 0.394 e. The zero-order valence-corrected chi connectivity index (χ0v) is 94.9. The van der Waals surface area contributed by atoms with E-state index in [0.29, 0.717) is 0 Å². The van der Waals surface area contributed by atoms with Crippen LogP contribution in [0.4, 0.5) is 0 Å². The number of thioether (sulfide) groups is 3. The van der Waals surface area contributed by atoms with Gasteiger partial charge in [0, 0.05) is 143 Å². The van der Waals surface area contributed by atoms with Crippen LogP contribution in [0.3, 0.4) is 0 Å². The molecule has 0 amide bonds. The summed E-state index contributed by atoms with van der Waals surface area (Å²) in [4.78, 5) is 259. The van der Waals surface area contributed by atoms with Gasteiger partial charge >= 0.3 is 74.5 Å². The number of carbonyl (C=O) groups is 3. The van der Waals surface area contributed by atoms with E-state index in [9.17, 15) is 96.6 Å². The van der Waals surface area contributed by atoms with Crippen molar-refractivity contribution in [3.63, 3.8) is 0 Å². The molecule has 6 aromatic rings. The summed E-state index contributed by atoms with van der Waals surface area (Å²) < 4.78 is 132. The van der Waals surface area contributed by atoms with Gasteiger partial charge in [0.15, 0.2) is 15.3 Å². The molecule has 11 N–H and O–H groups in total. The maximum atomic E-state index is 13.9. The van der Waals surface area contributed by atoms with Crippen molar-refractivity contribution in [3.05, 3.63) is 196 Å². The smallest absolute Gasteiger partial charge is 0.330 e. The third-order valence-electron chi connectivity index (χ3n) is 23.1. The molecular formula is C81H116N12O40P6S9. The van der Waals surface area contributed by atoms with Gasteiger partial charge in [0.1, 0.15) is 74.0 Å². The second-order valence-corrected chi connectivity index (χ2v) is 58.3. The fraction of sp³-hybridized carbons (Fsp3) is 0.667. The molecule has 0 saturated carbocycles. The second-order valence-electron chi connectivity index (χ2n) is 38.0. The molecule has 24 atom stereocenters. The maximum Gasteiger partial charge on any atom is 0.330 e. The summed E-state index contributed by atoms with van der Waals surface area (Å²) >= 11 is 37.6. The number of aromatic amines is 6. The summed E-state index contributed by atoms with van der Waals surface area (Å²) in [6.07, 6.45) is -20.2. The Morgan fingerprint density at radius 2 is 0.493 bits per heavy atom. The molecule has 824 valence electrons. The van der Waals surface area contributed by atoms with Gasteiger partial charge in [0.05, 0.1) is 96.1 Å². The van der Waals surface area contributed by atoms with E-state index < -0.39 is 300 Å². The van der Waals surface area contributed by atoms with Crippen molar-refractivity contribution in [3.8, 4) is 0 Å². The quantitative estimate of drug-likeness (QED) is 0.0185. The average molecular weight is 2370 g/mol. The molecule has 6 unspecified atom stereocenters. The van der Waals surface area contributed by atoms with E-state index in [-0.39, 0.29) is 98.5 Å². The zero-order valence-electron chi connectivity index (χ0n) is 82.1. The monoisotopic (exact) mass is 2370 g/mol. The van der Waals surface area contributed by atoms with Gasteiger partial charge in [-0.15, -0.1) is 0 Å². The Hall–Kier alpha value is -4.96. The van der Waals surface area contributed by atoms with Gasteiger partial charge in [-0.2, -0.15) is 0 Å². The number of H-pyrrole nitrogens is 6. The topological polar surface area (TPSA) is 666 Å². The van der Waals surface area contributed by atoms with Crippen molar-refractivity contribution >= 4 is 162 Å². The number of carbonyl (C=O) groups excluding carboxylic acids is 3. The van der Waals surface area contributed by atoms with Gasteiger partial charge in [0.2, 0.25) is 0 Å². The minimum atomic E-state index is -4.88. The molecule has 67 heteroatoms. The van der Waals surface area contributed by atoms with Crippen LogP contribution in [0.5, 0.6) is 0 Å². The first-order valence-corrected chi connectivity index (χ1v) is 64.1. The van der Waals surface area contributed by atoms with Crippen molar-refractivity contribution in [2.75, 3.05) is 76.7 Å². The molecule has 12 heterocycles. The number of hydrogen-bond donors (Lipinski definition) is 11. The second kappa shape index (κ2) is 50.3. The Bertz CT molecular complexity index is 6990. The lowest BCUT2D eigenvalue weighted by Crippen LogP contribution is -2.34. The molecule has 148 heavy (non-hydrogen) atoms. The van der Waals surface area contributed by atoms with E-state index in [1.54, 1.807) is 62.3 Å². The zero-order chi connectivity index (χ0) is 109. The highest BCUT2D eigenvalue weighted by Crippen LogP contribution is 2.60. The summed E-state index contributed by atoms with van der Waals surface area (Å²) in [5, 5.41) is 9.71. The number of aryl methyl sites for hydroxylation is 6. The van der Waals surface area contributed by atoms with Crippen LogP contribution in [0.2, 0.25) is 0 Å². The Morgan fingerprint density at radius 3 is 0.703 bits per heavy atom. The molecule has 6 aromatic heterocycles. The Kier molecular flexibility index (Phi) is 41.3. The molecule has 0 radical (unpaired) electrons. The molecule has 6 fully saturated rings. The van der Waals surface area contributed by atoms with Crippen LogP contribution < -0.4 is 67.5 Å². The number of hydrogen-bond acceptors (Lipinski definition) is 45. The van der Waals surface area contributed by atoms with Gasteiger partial charge in [-0.25, -0.2) is 28.8 Å². The summed E-state index contributed by atoms with van der Waals surface area (Å²) in [6, 6.07) is 0. The normalized spacial score (nSPS) is 26.9. The Labute approximate surface area is 885 Å². The van der Waals surface area contributed by atoms with E-state index in [4.69, 9.17) is 163 Å². The molecule has 0 aromatic carbocycles. The summed E-state index contributed by atoms with van der Waals surface area (Å²) in [7, 11) is 0. The van der Waals surface area contributed by atoms with E-state index in [1.807, 2.05) is 0 Å². The standard InChI is InChI=1S/C81H116N12O40P6S9/c1-40-28-88(73(104)82-64(40)95)58-22-46(52(34-94)122-58)128-135(111,141)118-36-54-50(26-62(124-54)92-32-44(5)68(99)86-77(92)108)132-138(144,115-17-20-147-71(102)80(10,11)12)121-39-57-49(25-61(127-57)91-31-43(4)67(98)85-76(91)107)131-137(113,143)119-37-55-51(27-63(125-55)93-33-45(6)69(100)87-78(93)109)133-139(145,116-18-21-148-72(103)81(13,14)15)120-38-56-48(24-60(126-56)90-30-42(3)66(97)84-75(90)106)130-136(112,142)117-35-53-47(23-59(123-53)89-29-41(2)65(96)83-74(89)105)129-134(110,140)114-16-19-146-70(101)79(7,8)9/h28-33,46-63,94H,16-27,34-39H2,1-15H3,(H,110,140)(H,111,141)(H,112,142)(H,113,143)(H,82,95,104)(H,83,96,105)(H,84,97,106)(H,85,98,107)(H,86,99,108)(H,87,100,109)/t46-,47-,48-,49-,50-,51-,52+,53+,54+,55+,56+,57+,58+,59+,60+,61+,62+,63+,134?,135?,136?,137?,138?,139?/m0/s1. The van der Waals surface area contributed by atoms with Crippen molar-refractivity contribution in [2.24, 2.45) is 16.2 Å². The van der Waals surface area contributed by atoms with Crippen LogP contribution in [0.25, 0.3) is 0 Å². The minimum absolute atomic E-state index is 0.0195. The lowest BCUT2D eigenvalue weighted by molar-refractivity contribution is -0.118. The summed E-state index contributed by atoms with van der Waals surface area (Å²) in [5.74, 6) is -0.115. The molecule has 0 aliphatic carbocycles. The van der Waals surface area contributed by atoms with Crippen molar-refractivity contribution in [1.29, 1.82) is 0 Å². The Balaban J connectivity index is 0.822. The SMILES string of the molecule is Cc1cn([C@H]2C[C@H](OP(O)(=S)OC[C@H]3O[C@@H](n4cc(C)c(=O)[nH]c4=O)C[C@@H]3OP(=S)(OCCSC(=O)C(C)(C)C)OC[C@H]3O[C@@H](n4cc(C)c(=O)[nH]c4=O)C[C@@H]3OP(O)(=S)OC[C@H]3O[C@@H](n4cc(C)c(=O)[nH]c4=O)C[C@@H]3OP(=S)(OCCSC(=O)C(C)(C)C)OC[C@H]3O[C@@H](n4cc(C)c(=O)[nH]c4=O)C[C@@H]3OP(O)(=S)OC[C@H]3O[C@@H](n4cc(C)c(=O)[nH]c4=O)C[C@@H]3OP(O)(=S)OCCSC(=O)C(C)(C)C)[C@@H](CO)O2)c(=O)[nH]c1=O. The molecule has 12 rings (SSSR count). The van der Waals surface area contributed by atoms with Gasteiger partial charge in [-0.1, -0.05) is 97.6 Å². The van der Waals surface area contributed by atoms with E-state index in [1.165, 1.54) is 78.7 Å². The number of aromatic nitrogens is 12. The average Bonchev–Trinajstić information content (AvgIpc) is 1.65. The van der Waals surface area contributed by atoms with Crippen molar-refractivity contribution in [2.45, 2.75) is 253 Å². The molecule has 6 aliphatic rings. The molecule has 6 aliphatic heterocycles. The van der Waals surface area contributed by atoms with E-state index in [0.717, 1.165) is 62.7 Å². The number of nitrogens with one attached hydrogen (secondary N) is 6. The van der Waals surface area contributed by atoms with Gasteiger partial charge in [0.25, 0.3) is 33.4 Å². The minimum Gasteiger partial charge on any atom is -0.394 e. The molecule has 0 bridgehead atoms. The highest BCUT2D eigenvalue weighted by Gasteiger charge is 2.52. The third kappa shape index (κ3) is 32.7. The van der Waals surface area contributed by atoms with Gasteiger partial charge in [-0.3, -0.25) is 100 Å². The lowest BCUT2D eigenvalue weighted by Gasteiger charge is -2.30. The fourth-order valence-corrected chi connectivity index (χ4v) is 28.2. The maximum absolute atomic E-state index is 13.9. The summed E-state index contributed by atoms with van der Waals surface area (Å²) in [5.41, 5.74) is -12.1. The van der Waals surface area contributed by atoms with Gasteiger partial charge in [-0.05, 0) is 112 Å². The molecular weight excluding hydrogens is 2260 g/mol. The predicted octanol–water partition coefficient (Wildman–Crippen LogP) is 4.53. The van der Waals surface area contributed by atoms with Crippen LogP contribution in [-0.2, 0) is 177 Å².